The lowest BCUT2D eigenvalue weighted by atomic mass is 9.53. The average molecular weight is 564 g/mol. The molecule has 0 unspecified atom stereocenters. The number of sulfonamides is 1. The number of nitrogens with one attached hydrogen (secondary N) is 2. The molecule has 0 spiro atoms. The first-order valence-electron chi connectivity index (χ1n) is 13.5. The van der Waals surface area contributed by atoms with E-state index in [1.165, 1.54) is 37.5 Å². The maximum absolute atomic E-state index is 13.3. The van der Waals surface area contributed by atoms with Gasteiger partial charge in [0.1, 0.15) is 19.3 Å². The van der Waals surface area contributed by atoms with Crippen LogP contribution in [-0.2, 0) is 24.3 Å². The Kier molecular flexibility index (Phi) is 6.71. The van der Waals surface area contributed by atoms with E-state index in [0.717, 1.165) is 23.6 Å². The van der Waals surface area contributed by atoms with Gasteiger partial charge in [-0.05, 0) is 68.4 Å². The molecule has 2 aliphatic heterocycles. The van der Waals surface area contributed by atoms with Crippen molar-refractivity contribution in [2.24, 2.45) is 17.8 Å². The standard InChI is InChI=1S/C26H33N3O9S/c30-18-8-20(29(13-18)39(34,35)19-1-2-21-22(9-19)37-4-3-36-21)24(32)38-14-23(31)27-25(33)28-26-10-15-5-16(11-26)7-17(6-15)12-26/h1-2,9,15-18,20,30H,3-8,10-14H2,(H2,27,28,31,33)/t15?,16?,17?,18-,20-,26?/m0/s1. The molecule has 12 nitrogen and oxygen atoms in total. The van der Waals surface area contributed by atoms with Gasteiger partial charge in [-0.2, -0.15) is 4.31 Å². The van der Waals surface area contributed by atoms with Crippen LogP contribution in [0, 0.1) is 17.8 Å². The van der Waals surface area contributed by atoms with E-state index in [-0.39, 0.29) is 35.8 Å². The number of fused-ring (bicyclic) bond motifs is 1. The number of nitrogens with zero attached hydrogens (tertiary/aromatic N) is 1. The summed E-state index contributed by atoms with van der Waals surface area (Å²) in [5.41, 5.74) is -0.279. The van der Waals surface area contributed by atoms with Crippen LogP contribution in [0.15, 0.2) is 23.1 Å². The van der Waals surface area contributed by atoms with Gasteiger partial charge in [0.15, 0.2) is 18.1 Å². The largest absolute Gasteiger partial charge is 0.486 e. The second-order valence-corrected chi connectivity index (χ2v) is 13.5. The number of carbonyl (C=O) groups is 3. The van der Waals surface area contributed by atoms with Crippen LogP contribution in [0.3, 0.4) is 0 Å². The highest BCUT2D eigenvalue weighted by molar-refractivity contribution is 7.89. The van der Waals surface area contributed by atoms with Gasteiger partial charge in [0.05, 0.1) is 11.0 Å². The summed E-state index contributed by atoms with van der Waals surface area (Å²) >= 11 is 0. The third kappa shape index (κ3) is 5.19. The van der Waals surface area contributed by atoms with Crippen LogP contribution in [0.2, 0.25) is 0 Å². The molecule has 7 rings (SSSR count). The topological polar surface area (TPSA) is 161 Å². The Balaban J connectivity index is 1.05. The minimum absolute atomic E-state index is 0.127. The second kappa shape index (κ2) is 9.93. The van der Waals surface area contributed by atoms with Gasteiger partial charge in [-0.1, -0.05) is 0 Å². The van der Waals surface area contributed by atoms with Crippen molar-refractivity contribution >= 4 is 27.9 Å². The SMILES string of the molecule is O=C(COC(=O)[C@@H]1C[C@H](O)CN1S(=O)(=O)c1ccc2c(c1)OCCO2)NC(=O)NC12CC3CC(CC(C3)C1)C2. The Labute approximate surface area is 226 Å². The summed E-state index contributed by atoms with van der Waals surface area (Å²) in [6.07, 6.45) is 5.15. The molecule has 4 saturated carbocycles. The van der Waals surface area contributed by atoms with Gasteiger partial charge in [0.25, 0.3) is 5.91 Å². The molecule has 1 aromatic carbocycles. The van der Waals surface area contributed by atoms with Crippen LogP contribution >= 0.6 is 0 Å². The number of esters is 1. The monoisotopic (exact) mass is 563 g/mol. The van der Waals surface area contributed by atoms with Crippen molar-refractivity contribution in [2.75, 3.05) is 26.4 Å². The number of imide groups is 1. The van der Waals surface area contributed by atoms with Crippen molar-refractivity contribution in [1.29, 1.82) is 0 Å². The number of hydrogen-bond donors (Lipinski definition) is 3. The molecular weight excluding hydrogens is 530 g/mol. The van der Waals surface area contributed by atoms with Gasteiger partial charge < -0.3 is 24.6 Å². The normalized spacial score (nSPS) is 33.0. The van der Waals surface area contributed by atoms with E-state index in [1.807, 2.05) is 0 Å². The molecule has 3 N–H and O–H groups in total. The summed E-state index contributed by atoms with van der Waals surface area (Å²) < 4.78 is 43.5. The van der Waals surface area contributed by atoms with Crippen molar-refractivity contribution in [1.82, 2.24) is 14.9 Å². The fourth-order valence-corrected chi connectivity index (χ4v) is 9.16. The Morgan fingerprint density at radius 2 is 1.64 bits per heavy atom. The van der Waals surface area contributed by atoms with Crippen LogP contribution in [-0.4, -0.2) is 79.8 Å². The summed E-state index contributed by atoms with van der Waals surface area (Å²) in [6.45, 7) is -0.437. The van der Waals surface area contributed by atoms with Gasteiger partial charge >= 0.3 is 12.0 Å². The molecule has 0 radical (unpaired) electrons. The lowest BCUT2D eigenvalue weighted by molar-refractivity contribution is -0.151. The van der Waals surface area contributed by atoms with Crippen molar-refractivity contribution in [3.63, 3.8) is 0 Å². The molecule has 3 amide bonds. The molecule has 13 heteroatoms. The Bertz CT molecular complexity index is 1250. The van der Waals surface area contributed by atoms with E-state index in [4.69, 9.17) is 14.2 Å². The summed E-state index contributed by atoms with van der Waals surface area (Å²) in [5, 5.41) is 15.4. The second-order valence-electron chi connectivity index (χ2n) is 11.6. The van der Waals surface area contributed by atoms with Crippen molar-refractivity contribution in [2.45, 2.75) is 67.5 Å². The number of amides is 3. The lowest BCUT2D eigenvalue weighted by Crippen LogP contribution is -2.62. The Morgan fingerprint density at radius 1 is 1.00 bits per heavy atom. The highest BCUT2D eigenvalue weighted by Crippen LogP contribution is 2.55. The van der Waals surface area contributed by atoms with Crippen LogP contribution in [0.4, 0.5) is 4.79 Å². The third-order valence-corrected chi connectivity index (χ3v) is 10.5. The number of urea groups is 1. The molecule has 4 aliphatic carbocycles. The first-order chi connectivity index (χ1) is 18.6. The van der Waals surface area contributed by atoms with E-state index in [9.17, 15) is 27.9 Å². The fourth-order valence-electron chi connectivity index (χ4n) is 7.52. The molecule has 1 aromatic rings. The number of aliphatic hydroxyl groups excluding tert-OH is 1. The smallest absolute Gasteiger partial charge is 0.325 e. The number of ether oxygens (including phenoxy) is 3. The predicted octanol–water partition coefficient (Wildman–Crippen LogP) is 0.919. The van der Waals surface area contributed by atoms with E-state index in [1.54, 1.807) is 0 Å². The van der Waals surface area contributed by atoms with Gasteiger partial charge in [-0.25, -0.2) is 13.2 Å². The summed E-state index contributed by atoms with van der Waals surface area (Å²) in [6, 6.07) is 2.18. The highest BCUT2D eigenvalue weighted by Gasteiger charge is 2.51. The zero-order valence-electron chi connectivity index (χ0n) is 21.5. The van der Waals surface area contributed by atoms with Gasteiger partial charge in [0.2, 0.25) is 10.0 Å². The minimum Gasteiger partial charge on any atom is -0.486 e. The Hall–Kier alpha value is -2.90. The molecule has 4 bridgehead atoms. The van der Waals surface area contributed by atoms with Crippen molar-refractivity contribution < 1.29 is 42.1 Å². The zero-order valence-corrected chi connectivity index (χ0v) is 22.3. The number of aliphatic hydroxyl groups is 1. The van der Waals surface area contributed by atoms with Crippen LogP contribution in [0.5, 0.6) is 11.5 Å². The minimum atomic E-state index is -4.21. The molecular formula is C26H33N3O9S. The average Bonchev–Trinajstić information content (AvgIpc) is 3.28. The van der Waals surface area contributed by atoms with Crippen molar-refractivity contribution in [3.05, 3.63) is 18.2 Å². The van der Waals surface area contributed by atoms with Gasteiger partial charge in [-0.3, -0.25) is 14.9 Å². The lowest BCUT2D eigenvalue weighted by Gasteiger charge is -2.56. The summed E-state index contributed by atoms with van der Waals surface area (Å²) in [4.78, 5) is 37.7. The molecule has 5 fully saturated rings. The number of benzene rings is 1. The third-order valence-electron chi connectivity index (χ3n) is 8.64. The van der Waals surface area contributed by atoms with E-state index < -0.39 is 46.7 Å². The van der Waals surface area contributed by atoms with Gasteiger partial charge in [-0.15, -0.1) is 0 Å². The Morgan fingerprint density at radius 3 is 2.31 bits per heavy atom. The molecule has 2 atom stereocenters. The van der Waals surface area contributed by atoms with Crippen LogP contribution in [0.1, 0.15) is 44.9 Å². The predicted molar refractivity (Wildman–Crippen MR) is 134 cm³/mol. The molecule has 0 aromatic heterocycles. The van der Waals surface area contributed by atoms with Crippen LogP contribution < -0.4 is 20.1 Å². The molecule has 39 heavy (non-hydrogen) atoms. The molecule has 212 valence electrons. The summed E-state index contributed by atoms with van der Waals surface area (Å²) in [7, 11) is -4.21. The quantitative estimate of drug-likeness (QED) is 0.428. The molecule has 6 aliphatic rings. The molecule has 2 heterocycles. The van der Waals surface area contributed by atoms with Crippen molar-refractivity contribution in [3.8, 4) is 11.5 Å². The fraction of sp³-hybridized carbons (Fsp3) is 0.654. The maximum Gasteiger partial charge on any atom is 0.325 e. The van der Waals surface area contributed by atoms with Crippen LogP contribution in [0.25, 0.3) is 0 Å². The van der Waals surface area contributed by atoms with E-state index in [2.05, 4.69) is 10.6 Å². The molecule has 1 saturated heterocycles. The first kappa shape index (κ1) is 26.3. The van der Waals surface area contributed by atoms with E-state index in [0.29, 0.717) is 30.1 Å². The maximum atomic E-state index is 13.3. The van der Waals surface area contributed by atoms with Gasteiger partial charge in [0, 0.05) is 24.6 Å². The zero-order chi connectivity index (χ0) is 27.4. The van der Waals surface area contributed by atoms with E-state index >= 15 is 0 Å². The number of hydrogen-bond acceptors (Lipinski definition) is 9. The number of β-amino-alcohol motifs (C(OH)–C–C–N with tert-alkyl or cyclic N) is 1. The highest BCUT2D eigenvalue weighted by atomic mass is 32.2. The number of rotatable bonds is 6. The first-order valence-corrected chi connectivity index (χ1v) is 14.9. The summed E-state index contributed by atoms with van der Waals surface area (Å²) in [5.74, 6) is 0.749. The number of carbonyl (C=O) groups excluding carboxylic acids is 3.